The van der Waals surface area contributed by atoms with Crippen molar-refractivity contribution in [2.75, 3.05) is 12.4 Å². The van der Waals surface area contributed by atoms with Gasteiger partial charge in [-0.2, -0.15) is 5.10 Å². The number of aromatic nitrogens is 2. The van der Waals surface area contributed by atoms with E-state index in [4.69, 9.17) is 0 Å². The fourth-order valence-corrected chi connectivity index (χ4v) is 2.44. The summed E-state index contributed by atoms with van der Waals surface area (Å²) in [6, 6.07) is 9.27. The van der Waals surface area contributed by atoms with Gasteiger partial charge in [0.05, 0.1) is 0 Å². The van der Waals surface area contributed by atoms with E-state index in [1.165, 1.54) is 0 Å². The summed E-state index contributed by atoms with van der Waals surface area (Å²) >= 11 is 0. The number of aromatic amines is 1. The first-order valence-electron chi connectivity index (χ1n) is 8.13. The predicted octanol–water partition coefficient (Wildman–Crippen LogP) is 2.54. The van der Waals surface area contributed by atoms with Crippen LogP contribution in [0.15, 0.2) is 30.3 Å². The van der Waals surface area contributed by atoms with Crippen molar-refractivity contribution in [2.45, 2.75) is 33.1 Å². The number of H-pyrrole nitrogens is 1. The molecule has 0 fully saturated rings. The van der Waals surface area contributed by atoms with E-state index in [9.17, 15) is 9.59 Å². The normalized spacial score (nSPS) is 10.7. The number of nitrogens with one attached hydrogen (secondary N) is 3. The smallest absolute Gasteiger partial charge is 0.276 e. The highest BCUT2D eigenvalue weighted by Gasteiger charge is 2.13. The molecular formula is C18H24N4O2. The van der Waals surface area contributed by atoms with E-state index in [-0.39, 0.29) is 11.8 Å². The van der Waals surface area contributed by atoms with Crippen molar-refractivity contribution in [2.24, 2.45) is 5.92 Å². The Morgan fingerprint density at radius 2 is 2.00 bits per heavy atom. The second-order valence-corrected chi connectivity index (χ2v) is 6.16. The predicted molar refractivity (Wildman–Crippen MR) is 93.9 cm³/mol. The first-order valence-corrected chi connectivity index (χ1v) is 8.13. The number of nitrogens with zero attached hydrogens (tertiary/aromatic N) is 1. The minimum atomic E-state index is -0.256. The Labute approximate surface area is 142 Å². The molecule has 128 valence electrons. The summed E-state index contributed by atoms with van der Waals surface area (Å²) in [5.41, 5.74) is 2.95. The van der Waals surface area contributed by atoms with Gasteiger partial charge in [0.15, 0.2) is 5.69 Å². The number of carbonyl (C=O) groups is 2. The zero-order chi connectivity index (χ0) is 17.5. The quantitative estimate of drug-likeness (QED) is 0.730. The van der Waals surface area contributed by atoms with Crippen LogP contribution in [0.4, 0.5) is 5.69 Å². The molecule has 2 aromatic rings. The Hall–Kier alpha value is -2.63. The largest absolute Gasteiger partial charge is 0.359 e. The van der Waals surface area contributed by atoms with Gasteiger partial charge in [-0.3, -0.25) is 14.7 Å². The van der Waals surface area contributed by atoms with Crippen molar-refractivity contribution in [3.05, 3.63) is 47.3 Å². The number of amides is 2. The molecule has 1 aromatic heterocycles. The van der Waals surface area contributed by atoms with Gasteiger partial charge in [-0.15, -0.1) is 0 Å². The van der Waals surface area contributed by atoms with Gasteiger partial charge in [0.2, 0.25) is 5.91 Å². The van der Waals surface area contributed by atoms with Crippen molar-refractivity contribution >= 4 is 17.5 Å². The van der Waals surface area contributed by atoms with E-state index in [1.54, 1.807) is 13.1 Å². The maximum absolute atomic E-state index is 12.4. The van der Waals surface area contributed by atoms with Gasteiger partial charge < -0.3 is 10.6 Å². The molecule has 6 nitrogen and oxygen atoms in total. The third-order valence-corrected chi connectivity index (χ3v) is 3.66. The summed E-state index contributed by atoms with van der Waals surface area (Å²) in [4.78, 5) is 23.8. The lowest BCUT2D eigenvalue weighted by Gasteiger charge is -2.10. The molecule has 0 aliphatic carbocycles. The van der Waals surface area contributed by atoms with Crippen LogP contribution in [-0.4, -0.2) is 29.1 Å². The maximum Gasteiger partial charge on any atom is 0.276 e. The van der Waals surface area contributed by atoms with Crippen molar-refractivity contribution in [3.63, 3.8) is 0 Å². The second-order valence-electron chi connectivity index (χ2n) is 6.16. The molecule has 24 heavy (non-hydrogen) atoms. The van der Waals surface area contributed by atoms with Crippen LogP contribution in [0.25, 0.3) is 0 Å². The Kier molecular flexibility index (Phi) is 6.12. The number of hydrogen-bond donors (Lipinski definition) is 3. The van der Waals surface area contributed by atoms with Gasteiger partial charge in [-0.25, -0.2) is 0 Å². The molecule has 0 aliphatic heterocycles. The van der Waals surface area contributed by atoms with E-state index < -0.39 is 0 Å². The van der Waals surface area contributed by atoms with E-state index >= 15 is 0 Å². The summed E-state index contributed by atoms with van der Waals surface area (Å²) in [6.45, 7) is 4.23. The van der Waals surface area contributed by atoms with Gasteiger partial charge in [-0.1, -0.05) is 32.0 Å². The van der Waals surface area contributed by atoms with Crippen molar-refractivity contribution in [3.8, 4) is 0 Å². The molecule has 0 radical (unpaired) electrons. The lowest BCUT2D eigenvalue weighted by Crippen LogP contribution is -2.19. The molecule has 0 atom stereocenters. The minimum Gasteiger partial charge on any atom is -0.359 e. The van der Waals surface area contributed by atoms with E-state index in [2.05, 4.69) is 34.7 Å². The average Bonchev–Trinajstić information content (AvgIpc) is 3.01. The number of hydrogen-bond acceptors (Lipinski definition) is 3. The van der Waals surface area contributed by atoms with Crippen LogP contribution in [0.1, 0.15) is 42.0 Å². The summed E-state index contributed by atoms with van der Waals surface area (Å²) in [7, 11) is 1.61. The number of anilines is 1. The van der Waals surface area contributed by atoms with E-state index in [0.717, 1.165) is 17.7 Å². The first kappa shape index (κ1) is 17.7. The van der Waals surface area contributed by atoms with Crippen molar-refractivity contribution in [1.82, 2.24) is 15.5 Å². The third-order valence-electron chi connectivity index (χ3n) is 3.66. The minimum absolute atomic E-state index is 0.0261. The number of para-hydroxylation sites is 1. The zero-order valence-corrected chi connectivity index (χ0v) is 14.3. The Balaban J connectivity index is 2.06. The Morgan fingerprint density at radius 3 is 2.71 bits per heavy atom. The van der Waals surface area contributed by atoms with Crippen molar-refractivity contribution in [1.29, 1.82) is 0 Å². The molecular weight excluding hydrogens is 304 g/mol. The zero-order valence-electron chi connectivity index (χ0n) is 14.3. The number of carbonyl (C=O) groups excluding carboxylic acids is 2. The molecule has 2 amide bonds. The lowest BCUT2D eigenvalue weighted by molar-refractivity contribution is -0.120. The molecule has 2 rings (SSSR count). The Morgan fingerprint density at radius 1 is 1.25 bits per heavy atom. The highest BCUT2D eigenvalue weighted by molar-refractivity contribution is 6.03. The molecule has 3 N–H and O–H groups in total. The molecule has 0 saturated carbocycles. The third kappa shape index (κ3) is 4.94. The highest BCUT2D eigenvalue weighted by atomic mass is 16.2. The van der Waals surface area contributed by atoms with Crippen LogP contribution >= 0.6 is 0 Å². The van der Waals surface area contributed by atoms with Gasteiger partial charge in [0, 0.05) is 24.8 Å². The van der Waals surface area contributed by atoms with Gasteiger partial charge in [0.1, 0.15) is 0 Å². The average molecular weight is 328 g/mol. The lowest BCUT2D eigenvalue weighted by atomic mass is 10.1. The van der Waals surface area contributed by atoms with E-state index in [1.807, 2.05) is 24.3 Å². The van der Waals surface area contributed by atoms with Crippen LogP contribution in [-0.2, 0) is 17.6 Å². The first-order chi connectivity index (χ1) is 11.5. The van der Waals surface area contributed by atoms with Gasteiger partial charge in [0.25, 0.3) is 5.91 Å². The Bertz CT molecular complexity index is 707. The van der Waals surface area contributed by atoms with Crippen LogP contribution in [0.5, 0.6) is 0 Å². The molecule has 1 heterocycles. The summed E-state index contributed by atoms with van der Waals surface area (Å²) in [6.07, 6.45) is 1.79. The standard InChI is InChI=1S/C18H24N4O2/c1-12(2)10-14-11-16(22-21-14)18(24)20-15-7-5-4-6-13(15)8-9-17(23)19-3/h4-7,11-12H,8-10H2,1-3H3,(H,19,23)(H,20,24)(H,21,22). The molecule has 0 saturated heterocycles. The van der Waals surface area contributed by atoms with Crippen molar-refractivity contribution < 1.29 is 9.59 Å². The monoisotopic (exact) mass is 328 g/mol. The number of benzene rings is 1. The maximum atomic E-state index is 12.4. The van der Waals surface area contributed by atoms with E-state index in [0.29, 0.717) is 30.1 Å². The molecule has 1 aromatic carbocycles. The number of aryl methyl sites for hydroxylation is 1. The topological polar surface area (TPSA) is 86.9 Å². The van der Waals surface area contributed by atoms with Gasteiger partial charge >= 0.3 is 0 Å². The van der Waals surface area contributed by atoms with Crippen LogP contribution < -0.4 is 10.6 Å². The molecule has 6 heteroatoms. The molecule has 0 unspecified atom stereocenters. The molecule has 0 aliphatic rings. The fraction of sp³-hybridized carbons (Fsp3) is 0.389. The summed E-state index contributed by atoms with van der Waals surface area (Å²) < 4.78 is 0. The summed E-state index contributed by atoms with van der Waals surface area (Å²) in [5, 5.41) is 12.5. The highest BCUT2D eigenvalue weighted by Crippen LogP contribution is 2.18. The fourth-order valence-electron chi connectivity index (χ4n) is 2.44. The molecule has 0 bridgehead atoms. The second kappa shape index (κ2) is 8.29. The summed E-state index contributed by atoms with van der Waals surface area (Å²) in [5.74, 6) is 0.210. The number of rotatable bonds is 7. The molecule has 0 spiro atoms. The van der Waals surface area contributed by atoms with Crippen LogP contribution in [0.3, 0.4) is 0 Å². The van der Waals surface area contributed by atoms with Gasteiger partial charge in [-0.05, 0) is 36.5 Å². The van der Waals surface area contributed by atoms with Crippen LogP contribution in [0.2, 0.25) is 0 Å². The van der Waals surface area contributed by atoms with Crippen LogP contribution in [0, 0.1) is 5.92 Å². The SMILES string of the molecule is CNC(=O)CCc1ccccc1NC(=O)c1cc(CC(C)C)[nH]n1.